The van der Waals surface area contributed by atoms with Crippen molar-refractivity contribution in [1.29, 1.82) is 0 Å². The van der Waals surface area contributed by atoms with Crippen molar-refractivity contribution in [2.75, 3.05) is 13.4 Å². The van der Waals surface area contributed by atoms with Crippen molar-refractivity contribution in [2.24, 2.45) is 0 Å². The summed E-state index contributed by atoms with van der Waals surface area (Å²) in [6.07, 6.45) is -6.61. The Kier molecular flexibility index (Phi) is 7.55. The molecule has 1 aliphatic rings. The molecule has 13 heteroatoms. The van der Waals surface area contributed by atoms with Crippen molar-refractivity contribution >= 4 is 29.6 Å². The van der Waals surface area contributed by atoms with Crippen LogP contribution in [0.15, 0.2) is 17.7 Å². The number of nitrogens with zero attached hydrogens (tertiary/aromatic N) is 1. The summed E-state index contributed by atoms with van der Waals surface area (Å²) in [5, 5.41) is 16.1. The van der Waals surface area contributed by atoms with Crippen LogP contribution in [0.2, 0.25) is 5.02 Å². The number of hydrogen-bond acceptors (Lipinski definition) is 9. The minimum Gasteiger partial charge on any atom is -0.475 e. The summed E-state index contributed by atoms with van der Waals surface area (Å²) in [5.41, 5.74) is -0.639. The molecule has 0 aliphatic carbocycles. The molecule has 2 N–H and O–H groups in total. The van der Waals surface area contributed by atoms with Gasteiger partial charge in [-0.25, -0.2) is 14.4 Å². The summed E-state index contributed by atoms with van der Waals surface area (Å²) in [5.74, 6) is -2.73. The first-order chi connectivity index (χ1) is 14.2. The van der Waals surface area contributed by atoms with Crippen LogP contribution in [0.3, 0.4) is 0 Å². The summed E-state index contributed by atoms with van der Waals surface area (Å²) < 4.78 is 54.6. The number of esters is 2. The molecule has 1 aliphatic heterocycles. The van der Waals surface area contributed by atoms with Gasteiger partial charge in [0, 0.05) is 10.6 Å². The molecule has 0 spiro atoms. The Balaban J connectivity index is 2.23. The number of halogens is 4. The lowest BCUT2D eigenvalue weighted by Crippen LogP contribution is -2.41. The van der Waals surface area contributed by atoms with E-state index in [1.807, 2.05) is 20.8 Å². The molecule has 0 aromatic heterocycles. The van der Waals surface area contributed by atoms with Gasteiger partial charge in [-0.2, -0.15) is 13.2 Å². The van der Waals surface area contributed by atoms with Gasteiger partial charge in [0.2, 0.25) is 12.9 Å². The number of fused-ring (bicyclic) bond motifs is 1. The van der Waals surface area contributed by atoms with E-state index in [0.29, 0.717) is 5.56 Å². The molecule has 0 radical (unpaired) electrons. The van der Waals surface area contributed by atoms with Crippen LogP contribution in [-0.4, -0.2) is 53.4 Å². The van der Waals surface area contributed by atoms with Crippen molar-refractivity contribution in [3.63, 3.8) is 0 Å². The van der Waals surface area contributed by atoms with E-state index < -0.39 is 54.0 Å². The van der Waals surface area contributed by atoms with E-state index in [2.05, 4.69) is 14.3 Å². The molecule has 1 aromatic rings. The topological polar surface area (TPSA) is 115 Å². The number of carbonyl (C=O) groups is 2. The van der Waals surface area contributed by atoms with Crippen molar-refractivity contribution in [3.8, 4) is 5.75 Å². The van der Waals surface area contributed by atoms with Crippen LogP contribution in [-0.2, 0) is 29.3 Å². The highest BCUT2D eigenvalue weighted by Gasteiger charge is 2.49. The van der Waals surface area contributed by atoms with E-state index in [1.54, 1.807) is 0 Å². The number of rotatable bonds is 6. The third kappa shape index (κ3) is 6.55. The first-order valence-electron chi connectivity index (χ1n) is 8.62. The van der Waals surface area contributed by atoms with Crippen LogP contribution in [0.25, 0.3) is 6.08 Å². The van der Waals surface area contributed by atoms with E-state index in [9.17, 15) is 22.8 Å². The van der Waals surface area contributed by atoms with Crippen LogP contribution in [0, 0.1) is 0 Å². The maximum atomic E-state index is 13.5. The van der Waals surface area contributed by atoms with Crippen molar-refractivity contribution < 1.29 is 52.2 Å². The average Bonchev–Trinajstić information content (AvgIpc) is 2.63. The molecule has 0 saturated heterocycles. The maximum absolute atomic E-state index is 13.5. The first kappa shape index (κ1) is 24.9. The van der Waals surface area contributed by atoms with E-state index >= 15 is 0 Å². The zero-order chi connectivity index (χ0) is 23.6. The van der Waals surface area contributed by atoms with Gasteiger partial charge in [0.25, 0.3) is 0 Å². The lowest BCUT2D eigenvalue weighted by molar-refractivity contribution is -0.489. The smallest absolute Gasteiger partial charge is 0.430 e. The molecular weight excluding hydrogens is 451 g/mol. The largest absolute Gasteiger partial charge is 0.475 e. The molecule has 0 saturated carbocycles. The van der Waals surface area contributed by atoms with Gasteiger partial charge in [0.15, 0.2) is 6.61 Å². The van der Waals surface area contributed by atoms with Gasteiger partial charge in [0.05, 0.1) is 11.0 Å². The SMILES string of the molecule is CC(C)(C)c1cc2c(cc1Cl)C=C(C(=O)OCOC(=O)CON(O)O)[C@@H](C(F)(F)F)O2. The van der Waals surface area contributed by atoms with Crippen LogP contribution in [0.4, 0.5) is 13.2 Å². The van der Waals surface area contributed by atoms with Crippen LogP contribution in [0.1, 0.15) is 31.9 Å². The van der Waals surface area contributed by atoms with Crippen LogP contribution in [0.5, 0.6) is 5.75 Å². The standard InChI is InChI=1S/C18H19ClF3NO8/c1-17(2,3)11-6-13-9(5-12(11)19)4-10(15(31-13)18(20,21)22)16(25)29-8-28-14(24)7-30-23(26)27/h4-6,15,26-27H,7-8H2,1-3H3/t15-/m0/s1. The Morgan fingerprint density at radius 1 is 1.19 bits per heavy atom. The molecule has 172 valence electrons. The summed E-state index contributed by atoms with van der Waals surface area (Å²) >= 11 is 6.24. The molecule has 1 atom stereocenters. The van der Waals surface area contributed by atoms with Gasteiger partial charge in [-0.15, -0.1) is 0 Å². The Hall–Kier alpha value is -2.38. The van der Waals surface area contributed by atoms with Crippen molar-refractivity contribution in [3.05, 3.63) is 33.9 Å². The Labute approximate surface area is 179 Å². The minimum atomic E-state index is -4.94. The van der Waals surface area contributed by atoms with Gasteiger partial charge >= 0.3 is 18.1 Å². The van der Waals surface area contributed by atoms with E-state index in [-0.39, 0.29) is 16.3 Å². The molecule has 0 unspecified atom stereocenters. The van der Waals surface area contributed by atoms with Gasteiger partial charge in [0.1, 0.15) is 5.75 Å². The van der Waals surface area contributed by atoms with Crippen molar-refractivity contribution in [1.82, 2.24) is 5.39 Å². The fourth-order valence-corrected chi connectivity index (χ4v) is 3.04. The predicted molar refractivity (Wildman–Crippen MR) is 97.0 cm³/mol. The van der Waals surface area contributed by atoms with E-state index in [4.69, 9.17) is 26.8 Å². The maximum Gasteiger partial charge on any atom is 0.430 e. The highest BCUT2D eigenvalue weighted by molar-refractivity contribution is 6.31. The summed E-state index contributed by atoms with van der Waals surface area (Å²) in [6.45, 7) is 3.48. The normalized spacial score (nSPS) is 16.3. The van der Waals surface area contributed by atoms with Gasteiger partial charge < -0.3 is 14.2 Å². The molecule has 31 heavy (non-hydrogen) atoms. The summed E-state index contributed by atoms with van der Waals surface area (Å²) in [7, 11) is 0. The fourth-order valence-electron chi connectivity index (χ4n) is 2.59. The van der Waals surface area contributed by atoms with Gasteiger partial charge in [-0.3, -0.25) is 10.4 Å². The molecule has 0 bridgehead atoms. The van der Waals surface area contributed by atoms with Gasteiger partial charge in [-0.1, -0.05) is 32.4 Å². The zero-order valence-corrected chi connectivity index (χ0v) is 17.3. The molecular formula is C18H19ClF3NO8. The second-order valence-corrected chi connectivity index (χ2v) is 7.76. The number of hydrogen-bond donors (Lipinski definition) is 2. The monoisotopic (exact) mass is 469 g/mol. The Bertz CT molecular complexity index is 880. The molecule has 1 aromatic carbocycles. The van der Waals surface area contributed by atoms with E-state index in [0.717, 1.165) is 6.08 Å². The zero-order valence-electron chi connectivity index (χ0n) is 16.5. The average molecular weight is 470 g/mol. The second-order valence-electron chi connectivity index (χ2n) is 7.35. The third-order valence-corrected chi connectivity index (χ3v) is 4.30. The van der Waals surface area contributed by atoms with Crippen LogP contribution < -0.4 is 4.74 Å². The highest BCUT2D eigenvalue weighted by atomic mass is 35.5. The Morgan fingerprint density at radius 3 is 2.39 bits per heavy atom. The lowest BCUT2D eigenvalue weighted by atomic mass is 9.85. The number of benzene rings is 1. The predicted octanol–water partition coefficient (Wildman–Crippen LogP) is 3.40. The quantitative estimate of drug-likeness (QED) is 0.367. The molecule has 0 amide bonds. The summed E-state index contributed by atoms with van der Waals surface area (Å²) in [6, 6.07) is 2.77. The Morgan fingerprint density at radius 2 is 1.84 bits per heavy atom. The first-order valence-corrected chi connectivity index (χ1v) is 9.00. The molecule has 1 heterocycles. The number of carbonyl (C=O) groups excluding carboxylic acids is 2. The molecule has 9 nitrogen and oxygen atoms in total. The fraction of sp³-hybridized carbons (Fsp3) is 0.444. The molecule has 2 rings (SSSR count). The summed E-state index contributed by atoms with van der Waals surface area (Å²) in [4.78, 5) is 27.4. The van der Waals surface area contributed by atoms with Gasteiger partial charge in [-0.05, 0) is 29.2 Å². The van der Waals surface area contributed by atoms with Crippen LogP contribution >= 0.6 is 11.6 Å². The van der Waals surface area contributed by atoms with Crippen molar-refractivity contribution in [2.45, 2.75) is 38.5 Å². The molecule has 0 fully saturated rings. The lowest BCUT2D eigenvalue weighted by Gasteiger charge is -2.30. The highest BCUT2D eigenvalue weighted by Crippen LogP contribution is 2.42. The minimum absolute atomic E-state index is 0.102. The number of ether oxygens (including phenoxy) is 3. The third-order valence-electron chi connectivity index (χ3n) is 3.99. The second kappa shape index (κ2) is 9.40. The number of alkyl halides is 3. The van der Waals surface area contributed by atoms with E-state index in [1.165, 1.54) is 12.1 Å².